The Morgan fingerprint density at radius 2 is 1.52 bits per heavy atom. The maximum absolute atomic E-state index is 11.7. The van der Waals surface area contributed by atoms with Crippen molar-refractivity contribution in [2.45, 2.75) is 49.1 Å². The van der Waals surface area contributed by atoms with E-state index in [0.717, 1.165) is 0 Å². The van der Waals surface area contributed by atoms with E-state index >= 15 is 0 Å². The topological polar surface area (TPSA) is 220 Å². The molecule has 0 spiro atoms. The van der Waals surface area contributed by atoms with Gasteiger partial charge in [-0.1, -0.05) is 0 Å². The molecule has 0 saturated heterocycles. The average Bonchev–Trinajstić information content (AvgIpc) is 2.53. The number of aliphatic hydroxyl groups excluding tert-OH is 5. The van der Waals surface area contributed by atoms with Crippen molar-refractivity contribution in [3.63, 3.8) is 0 Å². The SMILES string of the molecule is N[C@@H](COC1[C@@H](O)[C@H](O)[C@@H](O)[C@H](O)[C@H]1O)C(=O)NCCCS(=O)(=O)O. The van der Waals surface area contributed by atoms with Crippen LogP contribution in [0.25, 0.3) is 0 Å². The first-order valence-electron chi connectivity index (χ1n) is 7.46. The number of nitrogens with one attached hydrogen (secondary N) is 1. The van der Waals surface area contributed by atoms with Crippen LogP contribution in [0, 0.1) is 0 Å². The largest absolute Gasteiger partial charge is 0.387 e. The number of nitrogens with two attached hydrogens (primary N) is 1. The molecule has 0 aromatic carbocycles. The van der Waals surface area contributed by atoms with E-state index in [0.29, 0.717) is 0 Å². The molecule has 0 aromatic rings. The van der Waals surface area contributed by atoms with E-state index < -0.39 is 71.1 Å². The number of aliphatic hydroxyl groups is 5. The maximum atomic E-state index is 11.7. The van der Waals surface area contributed by atoms with Gasteiger partial charge in [0.15, 0.2) is 0 Å². The van der Waals surface area contributed by atoms with E-state index in [2.05, 4.69) is 5.32 Å². The van der Waals surface area contributed by atoms with Gasteiger partial charge in [-0.25, -0.2) is 0 Å². The summed E-state index contributed by atoms with van der Waals surface area (Å²) in [5.74, 6) is -1.24. The van der Waals surface area contributed by atoms with Gasteiger partial charge in [-0.15, -0.1) is 0 Å². The van der Waals surface area contributed by atoms with Gasteiger partial charge < -0.3 is 41.3 Å². The van der Waals surface area contributed by atoms with E-state index in [4.69, 9.17) is 15.0 Å². The highest BCUT2D eigenvalue weighted by Gasteiger charge is 2.49. The van der Waals surface area contributed by atoms with Gasteiger partial charge in [0.25, 0.3) is 10.1 Å². The molecule has 25 heavy (non-hydrogen) atoms. The van der Waals surface area contributed by atoms with Crippen LogP contribution in [0.5, 0.6) is 0 Å². The summed E-state index contributed by atoms with van der Waals surface area (Å²) in [4.78, 5) is 11.7. The van der Waals surface area contributed by atoms with Crippen molar-refractivity contribution in [1.82, 2.24) is 5.32 Å². The van der Waals surface area contributed by atoms with Crippen molar-refractivity contribution < 1.29 is 48.0 Å². The Labute approximate surface area is 144 Å². The maximum Gasteiger partial charge on any atom is 0.264 e. The van der Waals surface area contributed by atoms with Gasteiger partial charge in [0.1, 0.15) is 42.7 Å². The summed E-state index contributed by atoms with van der Waals surface area (Å²) in [6.45, 7) is -0.553. The first-order valence-corrected chi connectivity index (χ1v) is 9.07. The Kier molecular flexibility index (Phi) is 8.11. The zero-order valence-electron chi connectivity index (χ0n) is 13.2. The second-order valence-corrected chi connectivity index (χ2v) is 7.36. The predicted octanol–water partition coefficient (Wildman–Crippen LogP) is -5.09. The highest BCUT2D eigenvalue weighted by atomic mass is 32.2. The summed E-state index contributed by atoms with van der Waals surface area (Å²) in [6, 6.07) is -1.24. The molecular formula is C12H24N2O10S. The van der Waals surface area contributed by atoms with Crippen molar-refractivity contribution >= 4 is 16.0 Å². The molecule has 0 heterocycles. The minimum Gasteiger partial charge on any atom is -0.387 e. The second kappa shape index (κ2) is 9.16. The third-order valence-corrected chi connectivity index (χ3v) is 4.56. The molecule has 0 aliphatic heterocycles. The lowest BCUT2D eigenvalue weighted by Crippen LogP contribution is -2.64. The van der Waals surface area contributed by atoms with E-state index in [1.165, 1.54) is 0 Å². The second-order valence-electron chi connectivity index (χ2n) is 5.79. The first-order chi connectivity index (χ1) is 11.5. The summed E-state index contributed by atoms with van der Waals surface area (Å²) < 4.78 is 34.7. The third kappa shape index (κ3) is 6.40. The van der Waals surface area contributed by atoms with Gasteiger partial charge in [0.2, 0.25) is 5.91 Å². The molecule has 12 nitrogen and oxygen atoms in total. The fraction of sp³-hybridized carbons (Fsp3) is 0.917. The van der Waals surface area contributed by atoms with Crippen molar-refractivity contribution in [3.8, 4) is 0 Å². The molecule has 1 aliphatic carbocycles. The van der Waals surface area contributed by atoms with E-state index in [9.17, 15) is 38.7 Å². The highest BCUT2D eigenvalue weighted by Crippen LogP contribution is 2.23. The van der Waals surface area contributed by atoms with Crippen LogP contribution in [-0.4, -0.2) is 106 Å². The lowest BCUT2D eigenvalue weighted by atomic mass is 9.85. The lowest BCUT2D eigenvalue weighted by molar-refractivity contribution is -0.235. The molecule has 0 aromatic heterocycles. The highest BCUT2D eigenvalue weighted by molar-refractivity contribution is 7.85. The van der Waals surface area contributed by atoms with Gasteiger partial charge in [-0.05, 0) is 6.42 Å². The van der Waals surface area contributed by atoms with Crippen LogP contribution in [0.1, 0.15) is 6.42 Å². The van der Waals surface area contributed by atoms with Crippen molar-refractivity contribution in [3.05, 3.63) is 0 Å². The summed E-state index contributed by atoms with van der Waals surface area (Å²) in [6.07, 6.45) is -10.2. The molecule has 1 fully saturated rings. The zero-order chi connectivity index (χ0) is 19.4. The first kappa shape index (κ1) is 22.1. The summed E-state index contributed by atoms with van der Waals surface area (Å²) in [7, 11) is -4.12. The van der Waals surface area contributed by atoms with Gasteiger partial charge in [0, 0.05) is 6.54 Å². The summed E-state index contributed by atoms with van der Waals surface area (Å²) >= 11 is 0. The van der Waals surface area contributed by atoms with Crippen molar-refractivity contribution in [1.29, 1.82) is 0 Å². The normalized spacial score (nSPS) is 34.5. The molecule has 0 bridgehead atoms. The monoisotopic (exact) mass is 388 g/mol. The molecule has 13 heteroatoms. The molecule has 0 radical (unpaired) electrons. The third-order valence-electron chi connectivity index (χ3n) is 3.76. The van der Waals surface area contributed by atoms with Crippen LogP contribution in [0.2, 0.25) is 0 Å². The molecule has 7 atom stereocenters. The molecular weight excluding hydrogens is 364 g/mol. The fourth-order valence-electron chi connectivity index (χ4n) is 2.28. The summed E-state index contributed by atoms with van der Waals surface area (Å²) in [5.41, 5.74) is 5.55. The predicted molar refractivity (Wildman–Crippen MR) is 81.8 cm³/mol. The Morgan fingerprint density at radius 1 is 1.04 bits per heavy atom. The minimum absolute atomic E-state index is 0.0333. The molecule has 1 unspecified atom stereocenters. The smallest absolute Gasteiger partial charge is 0.264 e. The van der Waals surface area contributed by atoms with Gasteiger partial charge in [-0.2, -0.15) is 8.42 Å². The van der Waals surface area contributed by atoms with Crippen molar-refractivity contribution in [2.75, 3.05) is 18.9 Å². The van der Waals surface area contributed by atoms with Crippen LogP contribution < -0.4 is 11.1 Å². The number of rotatable bonds is 8. The molecule has 1 saturated carbocycles. The molecule has 9 N–H and O–H groups in total. The van der Waals surface area contributed by atoms with Crippen LogP contribution in [0.4, 0.5) is 0 Å². The van der Waals surface area contributed by atoms with Crippen LogP contribution in [-0.2, 0) is 19.6 Å². The minimum atomic E-state index is -4.12. The van der Waals surface area contributed by atoms with Gasteiger partial charge in [0.05, 0.1) is 12.4 Å². The number of hydrogen-bond donors (Lipinski definition) is 8. The molecule has 1 amide bonds. The molecule has 148 valence electrons. The number of hydrogen-bond acceptors (Lipinski definition) is 10. The lowest BCUT2D eigenvalue weighted by Gasteiger charge is -2.41. The van der Waals surface area contributed by atoms with Gasteiger partial charge >= 0.3 is 0 Å². The van der Waals surface area contributed by atoms with Gasteiger partial charge in [-0.3, -0.25) is 9.35 Å². The van der Waals surface area contributed by atoms with E-state index in [1.807, 2.05) is 0 Å². The standard InChI is InChI=1S/C12H24N2O10S/c13-5(12(20)14-2-1-3-25(21,22)23)4-24-11-9(18)7(16)6(15)8(17)10(11)19/h5-11,15-19H,1-4,13H2,(H,14,20)(H,21,22,23)/t5-,6-,7-,8+,9+,10-,11?/m0/s1. The zero-order valence-corrected chi connectivity index (χ0v) is 14.0. The Morgan fingerprint density at radius 3 is 2.00 bits per heavy atom. The van der Waals surface area contributed by atoms with Crippen molar-refractivity contribution in [2.24, 2.45) is 5.73 Å². The van der Waals surface area contributed by atoms with E-state index in [1.54, 1.807) is 0 Å². The quantitative estimate of drug-likeness (QED) is 0.145. The molecule has 1 aliphatic rings. The van der Waals surface area contributed by atoms with Crippen LogP contribution in [0.3, 0.4) is 0 Å². The van der Waals surface area contributed by atoms with Crippen LogP contribution >= 0.6 is 0 Å². The number of amides is 1. The number of carbonyl (C=O) groups is 1. The average molecular weight is 388 g/mol. The fourth-order valence-corrected chi connectivity index (χ4v) is 2.79. The Balaban J connectivity index is 2.44. The van der Waals surface area contributed by atoms with Crippen LogP contribution in [0.15, 0.2) is 0 Å². The number of carbonyl (C=O) groups excluding carboxylic acids is 1. The number of ether oxygens (including phenoxy) is 1. The molecule has 1 rings (SSSR count). The van der Waals surface area contributed by atoms with E-state index in [-0.39, 0.29) is 13.0 Å². The Hall–Kier alpha value is -0.900. The summed E-state index contributed by atoms with van der Waals surface area (Å²) in [5, 5.41) is 50.4. The Bertz CT molecular complexity index is 528.